The maximum Gasteiger partial charge on any atom is 0.165 e. The standard InChI is InChI=1S/C21H18ClNO/c22-18-13-11-17(12-14-18)21(24)15-20(16-7-3-1-4-8-16)23-19-9-5-2-6-10-19/h1-14,20,23H,15H2. The Hall–Kier alpha value is -2.58. The van der Waals surface area contributed by atoms with Gasteiger partial charge in [0.05, 0.1) is 6.04 Å². The van der Waals surface area contributed by atoms with Gasteiger partial charge in [-0.25, -0.2) is 0 Å². The lowest BCUT2D eigenvalue weighted by Gasteiger charge is -2.20. The monoisotopic (exact) mass is 335 g/mol. The summed E-state index contributed by atoms with van der Waals surface area (Å²) in [7, 11) is 0. The van der Waals surface area contributed by atoms with Crippen LogP contribution < -0.4 is 5.32 Å². The summed E-state index contributed by atoms with van der Waals surface area (Å²) in [6.07, 6.45) is 0.376. The van der Waals surface area contributed by atoms with Crippen LogP contribution in [0.3, 0.4) is 0 Å². The molecule has 0 heterocycles. The minimum absolute atomic E-state index is 0.0863. The molecule has 120 valence electrons. The van der Waals surface area contributed by atoms with E-state index in [0.29, 0.717) is 17.0 Å². The molecule has 3 aromatic rings. The summed E-state index contributed by atoms with van der Waals surface area (Å²) in [5.74, 6) is 0.0870. The lowest BCUT2D eigenvalue weighted by Crippen LogP contribution is -2.15. The first kappa shape index (κ1) is 16.3. The fraction of sp³-hybridized carbons (Fsp3) is 0.0952. The molecular formula is C21H18ClNO. The number of hydrogen-bond acceptors (Lipinski definition) is 2. The highest BCUT2D eigenvalue weighted by Gasteiger charge is 2.17. The maximum atomic E-state index is 12.6. The van der Waals surface area contributed by atoms with Crippen LogP contribution in [0.25, 0.3) is 0 Å². The van der Waals surface area contributed by atoms with Crippen LogP contribution >= 0.6 is 11.6 Å². The van der Waals surface area contributed by atoms with Crippen LogP contribution in [-0.4, -0.2) is 5.78 Å². The quantitative estimate of drug-likeness (QED) is 0.580. The van der Waals surface area contributed by atoms with Crippen molar-refractivity contribution in [3.8, 4) is 0 Å². The van der Waals surface area contributed by atoms with Crippen molar-refractivity contribution < 1.29 is 4.79 Å². The molecular weight excluding hydrogens is 318 g/mol. The van der Waals surface area contributed by atoms with E-state index in [-0.39, 0.29) is 11.8 Å². The Balaban J connectivity index is 1.82. The Labute approximate surface area is 147 Å². The van der Waals surface area contributed by atoms with Crippen molar-refractivity contribution in [3.63, 3.8) is 0 Å². The van der Waals surface area contributed by atoms with Gasteiger partial charge in [-0.1, -0.05) is 60.1 Å². The highest BCUT2D eigenvalue weighted by molar-refractivity contribution is 6.30. The molecule has 1 N–H and O–H groups in total. The summed E-state index contributed by atoms with van der Waals surface area (Å²) >= 11 is 5.90. The van der Waals surface area contributed by atoms with Gasteiger partial charge < -0.3 is 5.32 Å². The fourth-order valence-electron chi connectivity index (χ4n) is 2.61. The number of para-hydroxylation sites is 1. The third kappa shape index (κ3) is 4.24. The molecule has 0 amide bonds. The van der Waals surface area contributed by atoms with Crippen molar-refractivity contribution in [3.05, 3.63) is 101 Å². The van der Waals surface area contributed by atoms with Crippen LogP contribution in [0, 0.1) is 0 Å². The minimum atomic E-state index is -0.0863. The maximum absolute atomic E-state index is 12.6. The number of benzene rings is 3. The average Bonchev–Trinajstić information content (AvgIpc) is 2.63. The second kappa shape index (κ2) is 7.80. The van der Waals surface area contributed by atoms with Gasteiger partial charge in [0.1, 0.15) is 0 Å². The van der Waals surface area contributed by atoms with E-state index < -0.39 is 0 Å². The molecule has 0 saturated heterocycles. The number of ketones is 1. The largest absolute Gasteiger partial charge is 0.378 e. The number of carbonyl (C=O) groups excluding carboxylic acids is 1. The summed E-state index contributed by atoms with van der Waals surface area (Å²) in [6, 6.07) is 26.9. The van der Waals surface area contributed by atoms with Gasteiger partial charge in [0.25, 0.3) is 0 Å². The third-order valence-electron chi connectivity index (χ3n) is 3.87. The molecule has 0 bridgehead atoms. The normalized spacial score (nSPS) is 11.7. The van der Waals surface area contributed by atoms with Crippen molar-refractivity contribution in [1.82, 2.24) is 0 Å². The SMILES string of the molecule is O=C(CC(Nc1ccccc1)c1ccccc1)c1ccc(Cl)cc1. The van der Waals surface area contributed by atoms with Crippen LogP contribution in [0.15, 0.2) is 84.9 Å². The number of Topliss-reactive ketones (excluding diaryl/α,β-unsaturated/α-hetero) is 1. The number of hydrogen-bond donors (Lipinski definition) is 1. The first-order valence-corrected chi connectivity index (χ1v) is 8.25. The third-order valence-corrected chi connectivity index (χ3v) is 4.12. The molecule has 1 unspecified atom stereocenters. The van der Waals surface area contributed by atoms with E-state index in [1.807, 2.05) is 60.7 Å². The fourth-order valence-corrected chi connectivity index (χ4v) is 2.74. The molecule has 3 rings (SSSR count). The summed E-state index contributed by atoms with van der Waals surface area (Å²) in [4.78, 5) is 12.6. The van der Waals surface area contributed by atoms with Crippen molar-refractivity contribution in [2.24, 2.45) is 0 Å². The van der Waals surface area contributed by atoms with E-state index in [4.69, 9.17) is 11.6 Å². The van der Waals surface area contributed by atoms with Gasteiger partial charge in [-0.05, 0) is 42.0 Å². The van der Waals surface area contributed by atoms with Gasteiger partial charge in [0, 0.05) is 22.7 Å². The zero-order valence-corrected chi connectivity index (χ0v) is 13.9. The molecule has 3 heteroatoms. The molecule has 3 aromatic carbocycles. The van der Waals surface area contributed by atoms with Gasteiger partial charge in [0.15, 0.2) is 5.78 Å². The molecule has 1 atom stereocenters. The van der Waals surface area contributed by atoms with Crippen molar-refractivity contribution in [2.45, 2.75) is 12.5 Å². The lowest BCUT2D eigenvalue weighted by molar-refractivity contribution is 0.0976. The molecule has 2 nitrogen and oxygen atoms in total. The van der Waals surface area contributed by atoms with E-state index in [0.717, 1.165) is 11.3 Å². The van der Waals surface area contributed by atoms with E-state index >= 15 is 0 Å². The van der Waals surface area contributed by atoms with E-state index in [2.05, 4.69) is 5.32 Å². The summed E-state index contributed by atoms with van der Waals surface area (Å²) in [5, 5.41) is 4.09. The molecule has 0 aromatic heterocycles. The lowest BCUT2D eigenvalue weighted by atomic mass is 9.97. The van der Waals surface area contributed by atoms with Gasteiger partial charge in [-0.3, -0.25) is 4.79 Å². The highest BCUT2D eigenvalue weighted by atomic mass is 35.5. The van der Waals surface area contributed by atoms with Gasteiger partial charge in [-0.2, -0.15) is 0 Å². The smallest absolute Gasteiger partial charge is 0.165 e. The van der Waals surface area contributed by atoms with Crippen molar-refractivity contribution >= 4 is 23.1 Å². The second-order valence-corrected chi connectivity index (χ2v) is 6.04. The van der Waals surface area contributed by atoms with Gasteiger partial charge in [-0.15, -0.1) is 0 Å². The number of halogens is 1. The Morgan fingerprint density at radius 2 is 1.42 bits per heavy atom. The molecule has 0 aliphatic carbocycles. The molecule has 0 spiro atoms. The number of rotatable bonds is 6. The van der Waals surface area contributed by atoms with E-state index in [1.54, 1.807) is 24.3 Å². The van der Waals surface area contributed by atoms with E-state index in [1.165, 1.54) is 0 Å². The number of anilines is 1. The summed E-state index contributed by atoms with van der Waals surface area (Å²) < 4.78 is 0. The van der Waals surface area contributed by atoms with Gasteiger partial charge >= 0.3 is 0 Å². The molecule has 0 fully saturated rings. The molecule has 0 saturated carbocycles. The van der Waals surface area contributed by atoms with Crippen LogP contribution in [0.4, 0.5) is 5.69 Å². The predicted octanol–water partition coefficient (Wildman–Crippen LogP) is 5.77. The first-order chi connectivity index (χ1) is 11.7. The van der Waals surface area contributed by atoms with Crippen molar-refractivity contribution in [1.29, 1.82) is 0 Å². The number of nitrogens with one attached hydrogen (secondary N) is 1. The zero-order chi connectivity index (χ0) is 16.8. The molecule has 0 aliphatic rings. The Morgan fingerprint density at radius 1 is 0.833 bits per heavy atom. The van der Waals surface area contributed by atoms with Crippen LogP contribution in [0.5, 0.6) is 0 Å². The minimum Gasteiger partial charge on any atom is -0.378 e. The van der Waals surface area contributed by atoms with Gasteiger partial charge in [0.2, 0.25) is 0 Å². The topological polar surface area (TPSA) is 29.1 Å². The Morgan fingerprint density at radius 3 is 2.04 bits per heavy atom. The van der Waals surface area contributed by atoms with Crippen LogP contribution in [0.2, 0.25) is 5.02 Å². The summed E-state index contributed by atoms with van der Waals surface area (Å²) in [6.45, 7) is 0. The highest BCUT2D eigenvalue weighted by Crippen LogP contribution is 2.24. The zero-order valence-electron chi connectivity index (χ0n) is 13.2. The second-order valence-electron chi connectivity index (χ2n) is 5.61. The first-order valence-electron chi connectivity index (χ1n) is 7.87. The van der Waals surface area contributed by atoms with E-state index in [9.17, 15) is 4.79 Å². The van der Waals surface area contributed by atoms with Crippen LogP contribution in [0.1, 0.15) is 28.4 Å². The van der Waals surface area contributed by atoms with Crippen molar-refractivity contribution in [2.75, 3.05) is 5.32 Å². The Bertz CT molecular complexity index is 785. The van der Waals surface area contributed by atoms with Crippen LogP contribution in [-0.2, 0) is 0 Å². The molecule has 0 aliphatic heterocycles. The molecule has 24 heavy (non-hydrogen) atoms. The Kier molecular flexibility index (Phi) is 5.29. The number of carbonyl (C=O) groups is 1. The average molecular weight is 336 g/mol. The summed E-state index contributed by atoms with van der Waals surface area (Å²) in [5.41, 5.74) is 2.76. The molecule has 0 radical (unpaired) electrons. The predicted molar refractivity (Wildman–Crippen MR) is 99.6 cm³/mol.